The van der Waals surface area contributed by atoms with Gasteiger partial charge in [0.2, 0.25) is 11.8 Å². The summed E-state index contributed by atoms with van der Waals surface area (Å²) in [6.07, 6.45) is 5.29. The standard InChI is InChI=1S/C20H23N7O2/c1-3-26-17(28)11-15(18(26)19-21-9-10-25(19)2)20(29)22-12-16-23-13-27(24-16)14-7-5-4-6-8-14/h4-10,13,15,18H,3,11-12H2,1-2H3,(H,22,29)/t15-,18-/m0/s1. The predicted molar refractivity (Wildman–Crippen MR) is 105 cm³/mol. The Morgan fingerprint density at radius 3 is 2.72 bits per heavy atom. The molecule has 0 bridgehead atoms. The van der Waals surface area contributed by atoms with Crippen LogP contribution in [0.5, 0.6) is 0 Å². The second-order valence-corrected chi connectivity index (χ2v) is 6.99. The van der Waals surface area contributed by atoms with Crippen molar-refractivity contribution >= 4 is 11.8 Å². The van der Waals surface area contributed by atoms with E-state index in [-0.39, 0.29) is 30.8 Å². The van der Waals surface area contributed by atoms with Gasteiger partial charge in [0.05, 0.1) is 18.2 Å². The van der Waals surface area contributed by atoms with Gasteiger partial charge in [-0.25, -0.2) is 14.6 Å². The Bertz CT molecular complexity index is 1010. The number of carbonyl (C=O) groups excluding carboxylic acids is 2. The molecule has 1 aromatic carbocycles. The molecule has 9 nitrogen and oxygen atoms in total. The van der Waals surface area contributed by atoms with E-state index in [1.54, 1.807) is 22.1 Å². The molecule has 3 heterocycles. The van der Waals surface area contributed by atoms with Crippen LogP contribution in [0.3, 0.4) is 0 Å². The molecule has 29 heavy (non-hydrogen) atoms. The number of carbonyl (C=O) groups is 2. The quantitative estimate of drug-likeness (QED) is 0.679. The SMILES string of the molecule is CCN1C(=O)C[C@H](C(=O)NCc2ncn(-c3ccccc3)n2)[C@H]1c1nccn1C. The smallest absolute Gasteiger partial charge is 0.226 e. The zero-order valence-corrected chi connectivity index (χ0v) is 16.4. The van der Waals surface area contributed by atoms with Crippen molar-refractivity contribution in [1.82, 2.24) is 34.5 Å². The third kappa shape index (κ3) is 3.63. The number of imidazole rings is 1. The van der Waals surface area contributed by atoms with E-state index in [2.05, 4.69) is 20.4 Å². The highest BCUT2D eigenvalue weighted by Crippen LogP contribution is 2.37. The Labute approximate surface area is 168 Å². The van der Waals surface area contributed by atoms with Crippen molar-refractivity contribution in [2.45, 2.75) is 25.9 Å². The van der Waals surface area contributed by atoms with E-state index in [1.807, 2.05) is 55.1 Å². The minimum atomic E-state index is -0.500. The Hall–Kier alpha value is -3.49. The van der Waals surface area contributed by atoms with Crippen LogP contribution in [0.15, 0.2) is 49.1 Å². The first-order valence-electron chi connectivity index (χ1n) is 9.59. The van der Waals surface area contributed by atoms with E-state index >= 15 is 0 Å². The molecule has 3 aromatic rings. The first-order chi connectivity index (χ1) is 14.1. The number of aromatic nitrogens is 5. The molecule has 1 saturated heterocycles. The van der Waals surface area contributed by atoms with Crippen molar-refractivity contribution in [2.75, 3.05) is 6.54 Å². The number of rotatable bonds is 6. The van der Waals surface area contributed by atoms with Crippen LogP contribution in [0.2, 0.25) is 0 Å². The first kappa shape index (κ1) is 18.9. The van der Waals surface area contributed by atoms with Crippen molar-refractivity contribution in [3.63, 3.8) is 0 Å². The number of nitrogens with one attached hydrogen (secondary N) is 1. The molecule has 0 aliphatic carbocycles. The van der Waals surface area contributed by atoms with Gasteiger partial charge in [-0.05, 0) is 19.1 Å². The van der Waals surface area contributed by atoms with E-state index in [0.29, 0.717) is 18.2 Å². The Kier molecular flexibility index (Phi) is 5.11. The number of benzene rings is 1. The minimum Gasteiger partial charge on any atom is -0.348 e. The third-order valence-corrected chi connectivity index (χ3v) is 5.21. The fourth-order valence-electron chi connectivity index (χ4n) is 3.76. The van der Waals surface area contributed by atoms with Crippen LogP contribution in [-0.2, 0) is 23.2 Å². The molecule has 0 unspecified atom stereocenters. The lowest BCUT2D eigenvalue weighted by Crippen LogP contribution is -2.36. The van der Waals surface area contributed by atoms with Gasteiger partial charge in [0.25, 0.3) is 0 Å². The van der Waals surface area contributed by atoms with Crippen LogP contribution in [-0.4, -0.2) is 47.6 Å². The zero-order valence-electron chi connectivity index (χ0n) is 16.4. The van der Waals surface area contributed by atoms with E-state index in [1.165, 1.54) is 0 Å². The van der Waals surface area contributed by atoms with Gasteiger partial charge in [0.1, 0.15) is 18.2 Å². The van der Waals surface area contributed by atoms with Gasteiger partial charge < -0.3 is 14.8 Å². The molecule has 1 fully saturated rings. The van der Waals surface area contributed by atoms with Crippen molar-refractivity contribution in [1.29, 1.82) is 0 Å². The molecule has 9 heteroatoms. The van der Waals surface area contributed by atoms with E-state index in [9.17, 15) is 9.59 Å². The Morgan fingerprint density at radius 1 is 1.24 bits per heavy atom. The van der Waals surface area contributed by atoms with Crippen molar-refractivity contribution in [3.05, 3.63) is 60.7 Å². The number of aryl methyl sites for hydroxylation is 1. The van der Waals surface area contributed by atoms with Crippen LogP contribution in [0.25, 0.3) is 5.69 Å². The summed E-state index contributed by atoms with van der Waals surface area (Å²) in [7, 11) is 1.87. The molecule has 0 saturated carbocycles. The topological polar surface area (TPSA) is 97.9 Å². The maximum absolute atomic E-state index is 12.9. The number of para-hydroxylation sites is 1. The van der Waals surface area contributed by atoms with Gasteiger partial charge >= 0.3 is 0 Å². The highest BCUT2D eigenvalue weighted by molar-refractivity contribution is 5.90. The average molecular weight is 393 g/mol. The van der Waals surface area contributed by atoms with Crippen molar-refractivity contribution in [3.8, 4) is 5.69 Å². The number of hydrogen-bond acceptors (Lipinski definition) is 5. The third-order valence-electron chi connectivity index (χ3n) is 5.21. The number of hydrogen-bond donors (Lipinski definition) is 1. The summed E-state index contributed by atoms with van der Waals surface area (Å²) >= 11 is 0. The largest absolute Gasteiger partial charge is 0.348 e. The summed E-state index contributed by atoms with van der Waals surface area (Å²) in [4.78, 5) is 35.7. The summed E-state index contributed by atoms with van der Waals surface area (Å²) in [5.41, 5.74) is 0.896. The Morgan fingerprint density at radius 2 is 2.03 bits per heavy atom. The van der Waals surface area contributed by atoms with Crippen LogP contribution in [0.4, 0.5) is 0 Å². The number of nitrogens with zero attached hydrogens (tertiary/aromatic N) is 6. The highest BCUT2D eigenvalue weighted by atomic mass is 16.2. The Balaban J connectivity index is 1.47. The highest BCUT2D eigenvalue weighted by Gasteiger charge is 2.45. The first-order valence-corrected chi connectivity index (χ1v) is 9.59. The fraction of sp³-hybridized carbons (Fsp3) is 0.350. The molecular weight excluding hydrogens is 370 g/mol. The molecule has 2 atom stereocenters. The molecule has 150 valence electrons. The maximum Gasteiger partial charge on any atom is 0.226 e. The summed E-state index contributed by atoms with van der Waals surface area (Å²) in [6, 6.07) is 9.26. The van der Waals surface area contributed by atoms with Crippen LogP contribution >= 0.6 is 0 Å². The lowest BCUT2D eigenvalue weighted by atomic mass is 9.98. The van der Waals surface area contributed by atoms with E-state index < -0.39 is 5.92 Å². The predicted octanol–water partition coefficient (Wildman–Crippen LogP) is 1.23. The van der Waals surface area contributed by atoms with Crippen LogP contribution < -0.4 is 5.32 Å². The normalized spacial score (nSPS) is 19.0. The average Bonchev–Trinajstić information content (AvgIpc) is 3.45. The second-order valence-electron chi connectivity index (χ2n) is 6.99. The lowest BCUT2D eigenvalue weighted by Gasteiger charge is -2.26. The van der Waals surface area contributed by atoms with Gasteiger partial charge in [-0.3, -0.25) is 9.59 Å². The molecule has 2 amide bonds. The van der Waals surface area contributed by atoms with Gasteiger partial charge in [-0.15, -0.1) is 5.10 Å². The van der Waals surface area contributed by atoms with Gasteiger partial charge in [0.15, 0.2) is 5.82 Å². The molecule has 0 radical (unpaired) electrons. The van der Waals surface area contributed by atoms with Gasteiger partial charge in [-0.1, -0.05) is 18.2 Å². The van der Waals surface area contributed by atoms with Crippen LogP contribution in [0, 0.1) is 5.92 Å². The van der Waals surface area contributed by atoms with Gasteiger partial charge in [0, 0.05) is 32.4 Å². The van der Waals surface area contributed by atoms with Crippen LogP contribution in [0.1, 0.15) is 31.0 Å². The van der Waals surface area contributed by atoms with Crippen molar-refractivity contribution < 1.29 is 9.59 Å². The van der Waals surface area contributed by atoms with Gasteiger partial charge in [-0.2, -0.15) is 0 Å². The van der Waals surface area contributed by atoms with E-state index in [4.69, 9.17) is 0 Å². The summed E-state index contributed by atoms with van der Waals surface area (Å²) in [5.74, 6) is 0.488. The monoisotopic (exact) mass is 393 g/mol. The zero-order chi connectivity index (χ0) is 20.4. The summed E-state index contributed by atoms with van der Waals surface area (Å²) in [6.45, 7) is 2.64. The second kappa shape index (κ2) is 7.86. The summed E-state index contributed by atoms with van der Waals surface area (Å²) in [5, 5.41) is 7.29. The van der Waals surface area contributed by atoms with Crippen molar-refractivity contribution in [2.24, 2.45) is 13.0 Å². The molecular formula is C20H23N7O2. The number of likely N-dealkylation sites (tertiary alicyclic amines) is 1. The lowest BCUT2D eigenvalue weighted by molar-refractivity contribution is -0.129. The molecule has 1 aliphatic heterocycles. The molecule has 1 aliphatic rings. The maximum atomic E-state index is 12.9. The fourth-order valence-corrected chi connectivity index (χ4v) is 3.76. The minimum absolute atomic E-state index is 0.0351. The summed E-state index contributed by atoms with van der Waals surface area (Å²) < 4.78 is 3.52. The molecule has 4 rings (SSSR count). The van der Waals surface area contributed by atoms with E-state index in [0.717, 1.165) is 5.69 Å². The molecule has 1 N–H and O–H groups in total. The number of amides is 2. The molecule has 2 aromatic heterocycles. The molecule has 0 spiro atoms.